The van der Waals surface area contributed by atoms with E-state index >= 15 is 0 Å². The van der Waals surface area contributed by atoms with Crippen molar-refractivity contribution in [3.05, 3.63) is 63.1 Å². The van der Waals surface area contributed by atoms with Crippen LogP contribution in [-0.2, 0) is 24.9 Å². The Kier molecular flexibility index (Phi) is 4.06. The Morgan fingerprint density at radius 3 is 2.74 bits per heavy atom. The highest BCUT2D eigenvalue weighted by molar-refractivity contribution is 5.24. The van der Waals surface area contributed by atoms with E-state index in [-0.39, 0.29) is 16.8 Å². The summed E-state index contributed by atoms with van der Waals surface area (Å²) in [6, 6.07) is 6.78. The predicted molar refractivity (Wildman–Crippen MR) is 87.8 cm³/mol. The Labute approximate surface area is 135 Å². The van der Waals surface area contributed by atoms with Crippen LogP contribution in [0.5, 0.6) is 0 Å². The molecule has 3 rings (SSSR count). The molecule has 0 bridgehead atoms. The first-order valence-corrected chi connectivity index (χ1v) is 7.93. The number of nitrogens with one attached hydrogen (secondary N) is 1. The van der Waals surface area contributed by atoms with Gasteiger partial charge in [0.2, 0.25) is 0 Å². The molecule has 1 aliphatic heterocycles. The summed E-state index contributed by atoms with van der Waals surface area (Å²) >= 11 is 0. The van der Waals surface area contributed by atoms with Crippen molar-refractivity contribution in [1.82, 2.24) is 14.9 Å². The van der Waals surface area contributed by atoms with Crippen molar-refractivity contribution in [2.45, 2.75) is 45.7 Å². The molecule has 0 atom stereocenters. The Morgan fingerprint density at radius 1 is 1.30 bits per heavy atom. The van der Waals surface area contributed by atoms with Gasteiger partial charge in [-0.3, -0.25) is 9.69 Å². The van der Waals surface area contributed by atoms with Crippen LogP contribution < -0.4 is 5.56 Å². The lowest BCUT2D eigenvalue weighted by Crippen LogP contribution is -2.37. The number of aromatic amines is 1. The lowest BCUT2D eigenvalue weighted by atomic mass is 9.95. The SMILES string of the molecule is CC(C)(C)c1nc2c(c(=O)[nH]1)CN(Cc1ccccc1F)CC2. The standard InChI is InChI=1S/C18H22FN3O/c1-18(2,3)17-20-15-8-9-22(11-13(15)16(23)21-17)10-12-6-4-5-7-14(12)19/h4-7H,8-11H2,1-3H3,(H,20,21,23). The van der Waals surface area contributed by atoms with Crippen molar-refractivity contribution in [2.24, 2.45) is 0 Å². The highest BCUT2D eigenvalue weighted by Gasteiger charge is 2.25. The van der Waals surface area contributed by atoms with Gasteiger partial charge in [-0.15, -0.1) is 0 Å². The lowest BCUT2D eigenvalue weighted by Gasteiger charge is -2.29. The molecule has 1 aromatic heterocycles. The lowest BCUT2D eigenvalue weighted by molar-refractivity contribution is 0.237. The number of rotatable bonds is 2. The van der Waals surface area contributed by atoms with E-state index in [2.05, 4.69) is 14.9 Å². The Morgan fingerprint density at radius 2 is 2.04 bits per heavy atom. The molecule has 1 aromatic carbocycles. The van der Waals surface area contributed by atoms with Crippen LogP contribution >= 0.6 is 0 Å². The van der Waals surface area contributed by atoms with E-state index in [0.717, 1.165) is 24.5 Å². The van der Waals surface area contributed by atoms with Crippen LogP contribution in [0.25, 0.3) is 0 Å². The fraction of sp³-hybridized carbons (Fsp3) is 0.444. The monoisotopic (exact) mass is 315 g/mol. The molecule has 0 saturated heterocycles. The van der Waals surface area contributed by atoms with E-state index in [1.54, 1.807) is 12.1 Å². The molecule has 2 aromatic rings. The van der Waals surface area contributed by atoms with Crippen LogP contribution in [0.2, 0.25) is 0 Å². The van der Waals surface area contributed by atoms with Crippen molar-refractivity contribution in [2.75, 3.05) is 6.54 Å². The molecule has 1 aliphatic rings. The second-order valence-electron chi connectivity index (χ2n) is 7.14. The number of hydrogen-bond donors (Lipinski definition) is 1. The number of fused-ring (bicyclic) bond motifs is 1. The van der Waals surface area contributed by atoms with Gasteiger partial charge < -0.3 is 4.98 Å². The van der Waals surface area contributed by atoms with Gasteiger partial charge in [0, 0.05) is 37.0 Å². The molecule has 0 fully saturated rings. The summed E-state index contributed by atoms with van der Waals surface area (Å²) in [4.78, 5) is 22.0. The van der Waals surface area contributed by atoms with Crippen molar-refractivity contribution in [3.8, 4) is 0 Å². The Hall–Kier alpha value is -2.01. The van der Waals surface area contributed by atoms with Crippen LogP contribution in [0.3, 0.4) is 0 Å². The zero-order valence-electron chi connectivity index (χ0n) is 13.8. The van der Waals surface area contributed by atoms with Crippen molar-refractivity contribution in [3.63, 3.8) is 0 Å². The van der Waals surface area contributed by atoms with E-state index in [1.165, 1.54) is 6.07 Å². The van der Waals surface area contributed by atoms with E-state index in [1.807, 2.05) is 26.8 Å². The number of H-pyrrole nitrogens is 1. The first-order chi connectivity index (χ1) is 10.8. The second-order valence-corrected chi connectivity index (χ2v) is 7.14. The van der Waals surface area contributed by atoms with Crippen LogP contribution in [0.1, 0.15) is 43.4 Å². The molecular weight excluding hydrogens is 293 g/mol. The number of halogens is 1. The molecule has 0 saturated carbocycles. The minimum atomic E-state index is -0.201. The number of benzene rings is 1. The summed E-state index contributed by atoms with van der Waals surface area (Å²) < 4.78 is 13.8. The van der Waals surface area contributed by atoms with Crippen LogP contribution in [0.4, 0.5) is 4.39 Å². The molecule has 0 spiro atoms. The molecule has 5 heteroatoms. The minimum Gasteiger partial charge on any atom is -0.310 e. The summed E-state index contributed by atoms with van der Waals surface area (Å²) in [5.41, 5.74) is 1.99. The van der Waals surface area contributed by atoms with Crippen LogP contribution in [0.15, 0.2) is 29.1 Å². The molecular formula is C18H22FN3O. The van der Waals surface area contributed by atoms with Gasteiger partial charge in [-0.2, -0.15) is 0 Å². The maximum atomic E-state index is 13.8. The van der Waals surface area contributed by atoms with Crippen LogP contribution in [-0.4, -0.2) is 21.4 Å². The van der Waals surface area contributed by atoms with E-state index in [0.29, 0.717) is 24.2 Å². The van der Waals surface area contributed by atoms with Gasteiger partial charge in [-0.05, 0) is 6.07 Å². The Bertz CT molecular complexity index is 777. The molecule has 2 heterocycles. The second kappa shape index (κ2) is 5.89. The van der Waals surface area contributed by atoms with Crippen molar-refractivity contribution < 1.29 is 4.39 Å². The van der Waals surface area contributed by atoms with E-state index < -0.39 is 0 Å². The maximum Gasteiger partial charge on any atom is 0.255 e. The maximum absolute atomic E-state index is 13.8. The fourth-order valence-electron chi connectivity index (χ4n) is 2.84. The zero-order chi connectivity index (χ0) is 16.6. The van der Waals surface area contributed by atoms with Gasteiger partial charge >= 0.3 is 0 Å². The Balaban J connectivity index is 1.84. The first-order valence-electron chi connectivity index (χ1n) is 7.93. The van der Waals surface area contributed by atoms with E-state index in [9.17, 15) is 9.18 Å². The molecule has 0 aliphatic carbocycles. The minimum absolute atomic E-state index is 0.0711. The average Bonchev–Trinajstić information content (AvgIpc) is 2.49. The molecule has 0 unspecified atom stereocenters. The van der Waals surface area contributed by atoms with Crippen molar-refractivity contribution >= 4 is 0 Å². The third kappa shape index (κ3) is 3.34. The topological polar surface area (TPSA) is 49.0 Å². The molecule has 0 amide bonds. The summed E-state index contributed by atoms with van der Waals surface area (Å²) in [5.74, 6) is 0.525. The number of hydrogen-bond acceptors (Lipinski definition) is 3. The number of nitrogens with zero attached hydrogens (tertiary/aromatic N) is 2. The van der Waals surface area contributed by atoms with Gasteiger partial charge in [0.1, 0.15) is 11.6 Å². The van der Waals surface area contributed by atoms with Crippen LogP contribution in [0, 0.1) is 5.82 Å². The smallest absolute Gasteiger partial charge is 0.255 e. The highest BCUT2D eigenvalue weighted by atomic mass is 19.1. The average molecular weight is 315 g/mol. The summed E-state index contributed by atoms with van der Waals surface area (Å²) in [6.45, 7) is 7.89. The third-order valence-corrected chi connectivity index (χ3v) is 4.21. The largest absolute Gasteiger partial charge is 0.310 e. The van der Waals surface area contributed by atoms with Crippen molar-refractivity contribution in [1.29, 1.82) is 0 Å². The van der Waals surface area contributed by atoms with Gasteiger partial charge in [0.25, 0.3) is 5.56 Å². The normalized spacial score (nSPS) is 15.5. The summed E-state index contributed by atoms with van der Waals surface area (Å²) in [5, 5.41) is 0. The molecule has 1 N–H and O–H groups in total. The number of aromatic nitrogens is 2. The van der Waals surface area contributed by atoms with Gasteiger partial charge in [0.15, 0.2) is 0 Å². The molecule has 4 nitrogen and oxygen atoms in total. The molecule has 0 radical (unpaired) electrons. The summed E-state index contributed by atoms with van der Waals surface area (Å²) in [6.07, 6.45) is 0.719. The molecule has 122 valence electrons. The van der Waals surface area contributed by atoms with Gasteiger partial charge in [-0.1, -0.05) is 39.0 Å². The predicted octanol–water partition coefficient (Wildman–Crippen LogP) is 2.76. The van der Waals surface area contributed by atoms with E-state index in [4.69, 9.17) is 0 Å². The fourth-order valence-corrected chi connectivity index (χ4v) is 2.84. The summed E-state index contributed by atoms with van der Waals surface area (Å²) in [7, 11) is 0. The first kappa shape index (κ1) is 15.9. The quantitative estimate of drug-likeness (QED) is 0.927. The third-order valence-electron chi connectivity index (χ3n) is 4.21. The zero-order valence-corrected chi connectivity index (χ0v) is 13.8. The molecule has 23 heavy (non-hydrogen) atoms. The van der Waals surface area contributed by atoms with Gasteiger partial charge in [0.05, 0.1) is 11.3 Å². The van der Waals surface area contributed by atoms with Gasteiger partial charge in [-0.25, -0.2) is 9.37 Å². The highest BCUT2D eigenvalue weighted by Crippen LogP contribution is 2.21.